The number of carbonyl (C=O) groups is 1. The van der Waals surface area contributed by atoms with Crippen molar-refractivity contribution in [2.24, 2.45) is 5.41 Å². The van der Waals surface area contributed by atoms with E-state index in [4.69, 9.17) is 0 Å². The van der Waals surface area contributed by atoms with Crippen LogP contribution >= 0.6 is 0 Å². The van der Waals surface area contributed by atoms with Crippen LogP contribution in [-0.4, -0.2) is 5.78 Å². The minimum atomic E-state index is 0.0550. The van der Waals surface area contributed by atoms with Crippen molar-refractivity contribution in [3.8, 4) is 0 Å². The molecular formula is C22H23NO. The Morgan fingerprint density at radius 3 is 2.29 bits per heavy atom. The van der Waals surface area contributed by atoms with Crippen molar-refractivity contribution in [1.82, 2.24) is 5.32 Å². The summed E-state index contributed by atoms with van der Waals surface area (Å²) in [5.41, 5.74) is 3.80. The monoisotopic (exact) mass is 317 g/mol. The second-order valence-corrected chi connectivity index (χ2v) is 6.93. The summed E-state index contributed by atoms with van der Waals surface area (Å²) >= 11 is 0. The van der Waals surface area contributed by atoms with Gasteiger partial charge in [-0.05, 0) is 17.4 Å². The van der Waals surface area contributed by atoms with Crippen LogP contribution in [0.2, 0.25) is 0 Å². The molecule has 2 aromatic carbocycles. The van der Waals surface area contributed by atoms with E-state index < -0.39 is 0 Å². The zero-order chi connectivity index (χ0) is 17.0. The van der Waals surface area contributed by atoms with Crippen LogP contribution in [0.25, 0.3) is 0 Å². The highest BCUT2D eigenvalue weighted by Gasteiger charge is 2.26. The van der Waals surface area contributed by atoms with Crippen molar-refractivity contribution in [1.29, 1.82) is 0 Å². The predicted octanol–water partition coefficient (Wildman–Crippen LogP) is 4.90. The van der Waals surface area contributed by atoms with Crippen molar-refractivity contribution < 1.29 is 4.79 Å². The highest BCUT2D eigenvalue weighted by Crippen LogP contribution is 2.33. The standard InChI is InChI=1S/C22H23NO/c1-22(2)14-13-19(21(24)18-11-7-4-8-12-18)20(15-22)23-16-17-9-5-3-6-10-17/h3-14,23H,15-16H2,1-2H3. The van der Waals surface area contributed by atoms with Crippen LogP contribution in [0, 0.1) is 5.41 Å². The van der Waals surface area contributed by atoms with E-state index in [1.165, 1.54) is 5.56 Å². The molecule has 24 heavy (non-hydrogen) atoms. The quantitative estimate of drug-likeness (QED) is 0.795. The summed E-state index contributed by atoms with van der Waals surface area (Å²) in [5, 5.41) is 3.50. The van der Waals surface area contributed by atoms with Crippen LogP contribution in [0.15, 0.2) is 84.1 Å². The topological polar surface area (TPSA) is 29.1 Å². The van der Waals surface area contributed by atoms with Crippen molar-refractivity contribution in [2.45, 2.75) is 26.8 Å². The maximum Gasteiger partial charge on any atom is 0.194 e. The molecule has 0 aliphatic heterocycles. The lowest BCUT2D eigenvalue weighted by atomic mass is 9.80. The highest BCUT2D eigenvalue weighted by molar-refractivity contribution is 6.11. The fourth-order valence-corrected chi connectivity index (χ4v) is 2.94. The van der Waals surface area contributed by atoms with Crippen molar-refractivity contribution in [3.63, 3.8) is 0 Å². The lowest BCUT2D eigenvalue weighted by Crippen LogP contribution is -2.25. The number of carbonyl (C=O) groups excluding carboxylic acids is 1. The summed E-state index contributed by atoms with van der Waals surface area (Å²) in [6.07, 6.45) is 4.95. The lowest BCUT2D eigenvalue weighted by molar-refractivity contribution is 0.103. The van der Waals surface area contributed by atoms with Gasteiger partial charge < -0.3 is 5.32 Å². The van der Waals surface area contributed by atoms with Gasteiger partial charge in [-0.15, -0.1) is 0 Å². The molecule has 0 radical (unpaired) electrons. The number of nitrogens with one attached hydrogen (secondary N) is 1. The first-order valence-corrected chi connectivity index (χ1v) is 8.35. The minimum absolute atomic E-state index is 0.0550. The minimum Gasteiger partial charge on any atom is -0.384 e. The van der Waals surface area contributed by atoms with E-state index in [9.17, 15) is 4.79 Å². The normalized spacial score (nSPS) is 16.1. The summed E-state index contributed by atoms with van der Waals surface area (Å²) in [6.45, 7) is 5.11. The van der Waals surface area contributed by atoms with Crippen LogP contribution in [0.5, 0.6) is 0 Å². The van der Waals surface area contributed by atoms with Gasteiger partial charge in [0.05, 0.1) is 0 Å². The Kier molecular flexibility index (Phi) is 4.66. The van der Waals surface area contributed by atoms with Gasteiger partial charge in [-0.2, -0.15) is 0 Å². The number of Topliss-reactive ketones (excluding diaryl/α,β-unsaturated/α-hetero) is 1. The molecule has 1 aliphatic rings. The third-order valence-corrected chi connectivity index (χ3v) is 4.29. The molecule has 1 N–H and O–H groups in total. The van der Waals surface area contributed by atoms with Crippen LogP contribution in [-0.2, 0) is 6.54 Å². The van der Waals surface area contributed by atoms with E-state index >= 15 is 0 Å². The molecule has 2 heteroatoms. The van der Waals surface area contributed by atoms with E-state index in [-0.39, 0.29) is 11.2 Å². The molecular weight excluding hydrogens is 294 g/mol. The van der Waals surface area contributed by atoms with Gasteiger partial charge in [-0.1, -0.05) is 86.7 Å². The Labute approximate surface area is 143 Å². The molecule has 0 fully saturated rings. The lowest BCUT2D eigenvalue weighted by Gasteiger charge is -2.28. The van der Waals surface area contributed by atoms with Gasteiger partial charge >= 0.3 is 0 Å². The molecule has 2 nitrogen and oxygen atoms in total. The van der Waals surface area contributed by atoms with Crippen LogP contribution < -0.4 is 5.32 Å². The summed E-state index contributed by atoms with van der Waals surface area (Å²) < 4.78 is 0. The third-order valence-electron chi connectivity index (χ3n) is 4.29. The Morgan fingerprint density at radius 2 is 1.62 bits per heavy atom. The fourth-order valence-electron chi connectivity index (χ4n) is 2.94. The van der Waals surface area contributed by atoms with E-state index in [0.29, 0.717) is 0 Å². The van der Waals surface area contributed by atoms with Crippen molar-refractivity contribution in [3.05, 3.63) is 95.2 Å². The SMILES string of the molecule is CC1(C)C=CC(C(=O)c2ccccc2)=C(NCc2ccccc2)C1. The van der Waals surface area contributed by atoms with Crippen molar-refractivity contribution >= 4 is 5.78 Å². The summed E-state index contributed by atoms with van der Waals surface area (Å²) in [7, 11) is 0. The molecule has 0 heterocycles. The molecule has 122 valence electrons. The molecule has 1 aliphatic carbocycles. The first-order chi connectivity index (χ1) is 11.6. The van der Waals surface area contributed by atoms with E-state index in [2.05, 4.69) is 37.4 Å². The summed E-state index contributed by atoms with van der Waals surface area (Å²) in [6, 6.07) is 19.8. The van der Waals surface area contributed by atoms with E-state index in [1.54, 1.807) is 0 Å². The zero-order valence-corrected chi connectivity index (χ0v) is 14.3. The molecule has 0 saturated carbocycles. The molecule has 3 rings (SSSR count). The summed E-state index contributed by atoms with van der Waals surface area (Å²) in [4.78, 5) is 12.9. The van der Waals surface area contributed by atoms with Gasteiger partial charge in [0.2, 0.25) is 0 Å². The Bertz CT molecular complexity index is 770. The van der Waals surface area contributed by atoms with Gasteiger partial charge in [-0.3, -0.25) is 4.79 Å². The van der Waals surface area contributed by atoms with E-state index in [0.717, 1.165) is 29.8 Å². The Balaban J connectivity index is 1.87. The van der Waals surface area contributed by atoms with Crippen LogP contribution in [0.3, 0.4) is 0 Å². The Hall–Kier alpha value is -2.61. The molecule has 0 amide bonds. The average molecular weight is 317 g/mol. The third kappa shape index (κ3) is 3.83. The largest absolute Gasteiger partial charge is 0.384 e. The van der Waals surface area contributed by atoms with Gasteiger partial charge in [0.25, 0.3) is 0 Å². The average Bonchev–Trinajstić information content (AvgIpc) is 2.60. The van der Waals surface area contributed by atoms with Gasteiger partial charge in [0.1, 0.15) is 0 Å². The summed E-state index contributed by atoms with van der Waals surface area (Å²) in [5.74, 6) is 0.0814. The van der Waals surface area contributed by atoms with Gasteiger partial charge in [0.15, 0.2) is 5.78 Å². The molecule has 0 unspecified atom stereocenters. The van der Waals surface area contributed by atoms with Crippen LogP contribution in [0.1, 0.15) is 36.2 Å². The second kappa shape index (κ2) is 6.88. The van der Waals surface area contributed by atoms with E-state index in [1.807, 2.05) is 54.6 Å². The van der Waals surface area contributed by atoms with Gasteiger partial charge in [0, 0.05) is 23.4 Å². The maximum absolute atomic E-state index is 12.9. The van der Waals surface area contributed by atoms with Crippen LogP contribution in [0.4, 0.5) is 0 Å². The molecule has 2 aromatic rings. The maximum atomic E-state index is 12.9. The molecule has 0 saturated heterocycles. The molecule has 0 spiro atoms. The first kappa shape index (κ1) is 16.3. The first-order valence-electron chi connectivity index (χ1n) is 8.35. The molecule has 0 aromatic heterocycles. The predicted molar refractivity (Wildman–Crippen MR) is 98.6 cm³/mol. The van der Waals surface area contributed by atoms with Gasteiger partial charge in [-0.25, -0.2) is 0 Å². The number of hydrogen-bond donors (Lipinski definition) is 1. The highest BCUT2D eigenvalue weighted by atomic mass is 16.1. The van der Waals surface area contributed by atoms with Crippen molar-refractivity contribution in [2.75, 3.05) is 0 Å². The Morgan fingerprint density at radius 1 is 1.00 bits per heavy atom. The number of ketones is 1. The molecule has 0 bridgehead atoms. The number of benzene rings is 2. The second-order valence-electron chi connectivity index (χ2n) is 6.93. The smallest absolute Gasteiger partial charge is 0.194 e. The number of allylic oxidation sites excluding steroid dienone is 4. The number of rotatable bonds is 5. The fraction of sp³-hybridized carbons (Fsp3) is 0.227. The number of hydrogen-bond acceptors (Lipinski definition) is 2. The molecule has 0 atom stereocenters. The zero-order valence-electron chi connectivity index (χ0n) is 14.3.